The Balaban J connectivity index is 2.20. The molecule has 0 radical (unpaired) electrons. The number of hydrogen-bond acceptors (Lipinski definition) is 8. The maximum absolute atomic E-state index is 12.8. The minimum Gasteiger partial charge on any atom is -0.490 e. The van der Waals surface area contributed by atoms with Gasteiger partial charge in [0.05, 0.1) is 0 Å². The number of nitrogens with one attached hydrogen (secondary N) is 1. The summed E-state index contributed by atoms with van der Waals surface area (Å²) in [5.74, 6) is 0.0895. The first-order valence-corrected chi connectivity index (χ1v) is 10.5. The number of nitrogens with zero attached hydrogens (tertiary/aromatic N) is 2. The van der Waals surface area contributed by atoms with Gasteiger partial charge in [0.25, 0.3) is 5.91 Å². The average Bonchev–Trinajstić information content (AvgIpc) is 3.07. The van der Waals surface area contributed by atoms with Crippen LogP contribution in [0.1, 0.15) is 36.9 Å². The first-order chi connectivity index (χ1) is 14.6. The number of rotatable bonds is 6. The van der Waals surface area contributed by atoms with Crippen molar-refractivity contribution in [3.05, 3.63) is 48.2 Å². The van der Waals surface area contributed by atoms with Crippen LogP contribution in [0.15, 0.2) is 41.4 Å². The Morgan fingerprint density at radius 2 is 1.90 bits per heavy atom. The van der Waals surface area contributed by atoms with Gasteiger partial charge in [-0.1, -0.05) is 17.8 Å². The fourth-order valence-electron chi connectivity index (χ4n) is 2.45. The van der Waals surface area contributed by atoms with Crippen LogP contribution in [-0.4, -0.2) is 46.0 Å². The van der Waals surface area contributed by atoms with E-state index in [1.54, 1.807) is 58.0 Å². The van der Waals surface area contributed by atoms with Gasteiger partial charge in [0.1, 0.15) is 35.0 Å². The Labute approximate surface area is 184 Å². The molecule has 10 heteroatoms. The molecule has 0 aliphatic carbocycles. The van der Waals surface area contributed by atoms with Gasteiger partial charge in [0, 0.05) is 11.8 Å². The van der Waals surface area contributed by atoms with E-state index in [0.717, 1.165) is 16.3 Å². The molecule has 2 rings (SSSR count). The number of carbonyl (C=O) groups is 3. The molecule has 0 fully saturated rings. The molecule has 1 N–H and O–H groups in total. The summed E-state index contributed by atoms with van der Waals surface area (Å²) in [7, 11) is 0. The highest BCUT2D eigenvalue weighted by molar-refractivity contribution is 7.97. The van der Waals surface area contributed by atoms with E-state index < -0.39 is 23.6 Å². The third kappa shape index (κ3) is 6.35. The Morgan fingerprint density at radius 1 is 1.26 bits per heavy atom. The van der Waals surface area contributed by atoms with Gasteiger partial charge in [-0.2, -0.15) is 4.31 Å². The van der Waals surface area contributed by atoms with Crippen LogP contribution in [0.3, 0.4) is 0 Å². The van der Waals surface area contributed by atoms with Crippen molar-refractivity contribution in [2.45, 2.75) is 33.3 Å². The van der Waals surface area contributed by atoms with Gasteiger partial charge in [-0.3, -0.25) is 10.1 Å². The van der Waals surface area contributed by atoms with E-state index in [0.29, 0.717) is 17.9 Å². The number of aryl methyl sites for hydroxylation is 1. The minimum atomic E-state index is -0.938. The van der Waals surface area contributed by atoms with Crippen molar-refractivity contribution in [3.8, 4) is 17.0 Å². The summed E-state index contributed by atoms with van der Waals surface area (Å²) in [4.78, 5) is 37.5. The predicted octanol–water partition coefficient (Wildman–Crippen LogP) is 4.58. The zero-order valence-corrected chi connectivity index (χ0v) is 18.9. The van der Waals surface area contributed by atoms with E-state index in [4.69, 9.17) is 14.0 Å². The molecule has 31 heavy (non-hydrogen) atoms. The first kappa shape index (κ1) is 24.0. The molecule has 0 aliphatic heterocycles. The lowest BCUT2D eigenvalue weighted by atomic mass is 10.1. The van der Waals surface area contributed by atoms with Crippen LogP contribution in [-0.2, 0) is 4.74 Å². The molecule has 1 aromatic carbocycles. The number of benzene rings is 1. The Morgan fingerprint density at radius 3 is 2.45 bits per heavy atom. The molecule has 166 valence electrons. The van der Waals surface area contributed by atoms with Crippen molar-refractivity contribution in [1.29, 1.82) is 0 Å². The number of hydrogen-bond donors (Lipinski definition) is 1. The summed E-state index contributed by atoms with van der Waals surface area (Å²) in [5.41, 5.74) is 0.133. The molecular weight excluding hydrogens is 422 g/mol. The largest absolute Gasteiger partial charge is 0.490 e. The Kier molecular flexibility index (Phi) is 7.87. The average molecular weight is 448 g/mol. The normalized spacial score (nSPS) is 10.9. The molecule has 9 nitrogen and oxygen atoms in total. The molecule has 0 atom stereocenters. The summed E-state index contributed by atoms with van der Waals surface area (Å²) in [6.45, 7) is 10.5. The quantitative estimate of drug-likeness (QED) is 0.506. The summed E-state index contributed by atoms with van der Waals surface area (Å²) >= 11 is 0.813. The van der Waals surface area contributed by atoms with Gasteiger partial charge in [-0.25, -0.2) is 9.59 Å². The van der Waals surface area contributed by atoms with Crippen LogP contribution in [0, 0.1) is 6.92 Å². The number of amides is 4. The van der Waals surface area contributed by atoms with Crippen LogP contribution >= 0.6 is 11.9 Å². The zero-order valence-electron chi connectivity index (χ0n) is 18.1. The topological polar surface area (TPSA) is 111 Å². The van der Waals surface area contributed by atoms with E-state index in [2.05, 4.69) is 17.1 Å². The molecule has 0 saturated carbocycles. The number of urea groups is 1. The standard InChI is InChI=1S/C21H25N3O6S/c1-7-12-28-15-10-8-14(9-11-15)17-16(13(2)30-23-17)18(25)22-19(26)24(31-6)20(27)29-21(3,4)5/h7-11H,1,12H2,2-6H3,(H,22,25,26). The molecule has 0 saturated heterocycles. The maximum atomic E-state index is 12.8. The van der Waals surface area contributed by atoms with E-state index in [9.17, 15) is 14.4 Å². The lowest BCUT2D eigenvalue weighted by molar-refractivity contribution is 0.0445. The third-order valence-corrected chi connectivity index (χ3v) is 4.41. The number of carbonyl (C=O) groups excluding carboxylic acids is 3. The first-order valence-electron chi connectivity index (χ1n) is 9.30. The van der Waals surface area contributed by atoms with E-state index in [1.165, 1.54) is 6.26 Å². The molecule has 1 aromatic heterocycles. The van der Waals surface area contributed by atoms with Crippen molar-refractivity contribution in [2.24, 2.45) is 0 Å². The van der Waals surface area contributed by atoms with Crippen molar-refractivity contribution >= 4 is 30.0 Å². The molecule has 2 aromatic rings. The molecule has 0 unspecified atom stereocenters. The summed E-state index contributed by atoms with van der Waals surface area (Å²) in [5, 5.41) is 6.12. The van der Waals surface area contributed by atoms with Crippen LogP contribution in [0.25, 0.3) is 11.3 Å². The molecule has 4 amide bonds. The van der Waals surface area contributed by atoms with E-state index in [1.807, 2.05) is 0 Å². The molecular formula is C21H25N3O6S. The second-order valence-corrected chi connectivity index (χ2v) is 8.03. The predicted molar refractivity (Wildman–Crippen MR) is 117 cm³/mol. The number of ether oxygens (including phenoxy) is 2. The Hall–Kier alpha value is -3.27. The fraction of sp³-hybridized carbons (Fsp3) is 0.333. The smallest absolute Gasteiger partial charge is 0.428 e. The van der Waals surface area contributed by atoms with Gasteiger partial charge in [0.2, 0.25) is 0 Å². The second-order valence-electron chi connectivity index (χ2n) is 7.30. The number of aromatic nitrogens is 1. The van der Waals surface area contributed by atoms with E-state index in [-0.39, 0.29) is 17.0 Å². The van der Waals surface area contributed by atoms with Gasteiger partial charge >= 0.3 is 12.1 Å². The molecule has 0 spiro atoms. The van der Waals surface area contributed by atoms with Crippen LogP contribution in [0.4, 0.5) is 9.59 Å². The summed E-state index contributed by atoms with van der Waals surface area (Å²) in [6, 6.07) is 5.92. The summed E-state index contributed by atoms with van der Waals surface area (Å²) < 4.78 is 16.5. The summed E-state index contributed by atoms with van der Waals surface area (Å²) in [6.07, 6.45) is 2.26. The third-order valence-electron chi connectivity index (χ3n) is 3.73. The van der Waals surface area contributed by atoms with Crippen molar-refractivity contribution in [1.82, 2.24) is 14.8 Å². The molecule has 0 bridgehead atoms. The SMILES string of the molecule is C=CCOc1ccc(-c2noc(C)c2C(=O)NC(=O)N(SC)C(=O)OC(C)(C)C)cc1. The highest BCUT2D eigenvalue weighted by atomic mass is 32.2. The van der Waals surface area contributed by atoms with Crippen molar-refractivity contribution in [3.63, 3.8) is 0 Å². The zero-order chi connectivity index (χ0) is 23.2. The van der Waals surface area contributed by atoms with Gasteiger partial charge in [-0.05, 0) is 63.9 Å². The number of imide groups is 2. The lowest BCUT2D eigenvalue weighted by Crippen LogP contribution is -2.44. The maximum Gasteiger partial charge on any atom is 0.428 e. The molecule has 1 heterocycles. The van der Waals surface area contributed by atoms with Crippen LogP contribution in [0.5, 0.6) is 5.75 Å². The monoisotopic (exact) mass is 447 g/mol. The van der Waals surface area contributed by atoms with Gasteiger partial charge in [-0.15, -0.1) is 0 Å². The van der Waals surface area contributed by atoms with Crippen molar-refractivity contribution in [2.75, 3.05) is 12.9 Å². The minimum absolute atomic E-state index is 0.0818. The van der Waals surface area contributed by atoms with Crippen LogP contribution < -0.4 is 10.1 Å². The highest BCUT2D eigenvalue weighted by Gasteiger charge is 2.30. The highest BCUT2D eigenvalue weighted by Crippen LogP contribution is 2.27. The van der Waals surface area contributed by atoms with Crippen molar-refractivity contribution < 1.29 is 28.4 Å². The van der Waals surface area contributed by atoms with E-state index >= 15 is 0 Å². The second kappa shape index (κ2) is 10.2. The Bertz CT molecular complexity index is 962. The molecule has 0 aliphatic rings. The fourth-order valence-corrected chi connectivity index (χ4v) is 2.85. The lowest BCUT2D eigenvalue weighted by Gasteiger charge is -2.24. The van der Waals surface area contributed by atoms with Gasteiger partial charge < -0.3 is 14.0 Å². The van der Waals surface area contributed by atoms with Crippen LogP contribution in [0.2, 0.25) is 0 Å². The van der Waals surface area contributed by atoms with Gasteiger partial charge in [0.15, 0.2) is 0 Å².